The summed E-state index contributed by atoms with van der Waals surface area (Å²) in [5.41, 5.74) is 3.51. The summed E-state index contributed by atoms with van der Waals surface area (Å²) in [5.74, 6) is -0.143. The van der Waals surface area contributed by atoms with Gasteiger partial charge in [-0.25, -0.2) is 0 Å². The van der Waals surface area contributed by atoms with Crippen LogP contribution in [0.15, 0.2) is 42.5 Å². The standard InChI is InChI=1S/C22H27NO4/c1-15-6-11-19(26-5)17(12-15)14-27-20(24)13-23-21(25)16-7-9-18(10-8-16)22(2,3)4/h6-12H,13-14H2,1-5H3,(H,23,25). The number of amides is 1. The fourth-order valence-corrected chi connectivity index (χ4v) is 2.61. The number of nitrogens with one attached hydrogen (secondary N) is 1. The molecule has 0 aliphatic heterocycles. The van der Waals surface area contributed by atoms with Crippen LogP contribution in [0, 0.1) is 6.92 Å². The van der Waals surface area contributed by atoms with Gasteiger partial charge >= 0.3 is 5.97 Å². The molecule has 1 N–H and O–H groups in total. The molecule has 144 valence electrons. The summed E-state index contributed by atoms with van der Waals surface area (Å²) in [6, 6.07) is 13.0. The van der Waals surface area contributed by atoms with Crippen LogP contribution in [0.2, 0.25) is 0 Å². The van der Waals surface area contributed by atoms with Crippen molar-refractivity contribution < 1.29 is 19.1 Å². The lowest BCUT2D eigenvalue weighted by atomic mass is 9.87. The minimum absolute atomic E-state index is 0.0235. The number of hydrogen-bond acceptors (Lipinski definition) is 4. The van der Waals surface area contributed by atoms with Crippen LogP contribution in [0.25, 0.3) is 0 Å². The van der Waals surface area contributed by atoms with E-state index in [4.69, 9.17) is 9.47 Å². The van der Waals surface area contributed by atoms with Crippen LogP contribution < -0.4 is 10.1 Å². The molecule has 0 saturated carbocycles. The first-order valence-electron chi connectivity index (χ1n) is 8.88. The van der Waals surface area contributed by atoms with Gasteiger partial charge in [-0.05, 0) is 42.2 Å². The van der Waals surface area contributed by atoms with Crippen molar-refractivity contribution >= 4 is 11.9 Å². The minimum Gasteiger partial charge on any atom is -0.496 e. The van der Waals surface area contributed by atoms with Gasteiger partial charge in [0.2, 0.25) is 0 Å². The lowest BCUT2D eigenvalue weighted by molar-refractivity contribution is -0.143. The lowest BCUT2D eigenvalue weighted by Gasteiger charge is -2.19. The highest BCUT2D eigenvalue weighted by atomic mass is 16.5. The molecule has 0 radical (unpaired) electrons. The Bertz CT molecular complexity index is 804. The van der Waals surface area contributed by atoms with Crippen LogP contribution in [-0.2, 0) is 21.6 Å². The molecular weight excluding hydrogens is 342 g/mol. The predicted octanol–water partition coefficient (Wildman–Crippen LogP) is 3.77. The maximum Gasteiger partial charge on any atom is 0.325 e. The van der Waals surface area contributed by atoms with Gasteiger partial charge in [0.05, 0.1) is 7.11 Å². The summed E-state index contributed by atoms with van der Waals surface area (Å²) in [7, 11) is 1.57. The second-order valence-electron chi connectivity index (χ2n) is 7.49. The smallest absolute Gasteiger partial charge is 0.325 e. The van der Waals surface area contributed by atoms with E-state index in [2.05, 4.69) is 26.1 Å². The fraction of sp³-hybridized carbons (Fsp3) is 0.364. The number of ether oxygens (including phenoxy) is 2. The Balaban J connectivity index is 1.86. The van der Waals surface area contributed by atoms with Gasteiger partial charge in [-0.15, -0.1) is 0 Å². The van der Waals surface area contributed by atoms with Gasteiger partial charge in [0.15, 0.2) is 0 Å². The van der Waals surface area contributed by atoms with Crippen molar-refractivity contribution in [2.24, 2.45) is 0 Å². The molecule has 0 aromatic heterocycles. The molecule has 5 heteroatoms. The number of carbonyl (C=O) groups excluding carboxylic acids is 2. The van der Waals surface area contributed by atoms with Crippen LogP contribution in [0.5, 0.6) is 5.75 Å². The highest BCUT2D eigenvalue weighted by Crippen LogP contribution is 2.22. The zero-order valence-electron chi connectivity index (χ0n) is 16.6. The molecule has 0 spiro atoms. The largest absolute Gasteiger partial charge is 0.496 e. The zero-order chi connectivity index (χ0) is 20.0. The number of rotatable bonds is 6. The van der Waals surface area contributed by atoms with Crippen molar-refractivity contribution in [3.05, 3.63) is 64.7 Å². The Kier molecular flexibility index (Phi) is 6.61. The van der Waals surface area contributed by atoms with E-state index in [0.29, 0.717) is 11.3 Å². The van der Waals surface area contributed by atoms with E-state index >= 15 is 0 Å². The molecule has 5 nitrogen and oxygen atoms in total. The molecule has 0 aliphatic carbocycles. The van der Waals surface area contributed by atoms with E-state index in [9.17, 15) is 9.59 Å². The van der Waals surface area contributed by atoms with Crippen LogP contribution >= 0.6 is 0 Å². The quantitative estimate of drug-likeness (QED) is 0.787. The summed E-state index contributed by atoms with van der Waals surface area (Å²) < 4.78 is 10.5. The van der Waals surface area contributed by atoms with E-state index in [-0.39, 0.29) is 24.5 Å². The Labute approximate surface area is 160 Å². The van der Waals surface area contributed by atoms with E-state index in [1.165, 1.54) is 0 Å². The van der Waals surface area contributed by atoms with Crippen LogP contribution in [0.1, 0.15) is 47.8 Å². The van der Waals surface area contributed by atoms with E-state index in [0.717, 1.165) is 16.7 Å². The number of carbonyl (C=O) groups is 2. The van der Waals surface area contributed by atoms with Gasteiger partial charge in [0.25, 0.3) is 5.91 Å². The third kappa shape index (κ3) is 5.84. The summed E-state index contributed by atoms with van der Waals surface area (Å²) in [6.07, 6.45) is 0. The van der Waals surface area contributed by atoms with Gasteiger partial charge in [0, 0.05) is 11.1 Å². The second-order valence-corrected chi connectivity index (χ2v) is 7.49. The first-order chi connectivity index (χ1) is 12.7. The molecule has 0 heterocycles. The summed E-state index contributed by atoms with van der Waals surface area (Å²) in [5, 5.41) is 2.59. The molecule has 0 saturated heterocycles. The molecule has 0 atom stereocenters. The molecular formula is C22H27NO4. The van der Waals surface area contributed by atoms with Crippen molar-refractivity contribution in [3.8, 4) is 5.75 Å². The van der Waals surface area contributed by atoms with Crippen LogP contribution in [0.3, 0.4) is 0 Å². The SMILES string of the molecule is COc1ccc(C)cc1COC(=O)CNC(=O)c1ccc(C(C)(C)C)cc1. The Morgan fingerprint density at radius 2 is 1.70 bits per heavy atom. The van der Waals surface area contributed by atoms with Crippen molar-refractivity contribution in [2.75, 3.05) is 13.7 Å². The average Bonchev–Trinajstić information content (AvgIpc) is 2.64. The molecule has 0 bridgehead atoms. The van der Waals surface area contributed by atoms with E-state index < -0.39 is 5.97 Å². The Morgan fingerprint density at radius 3 is 2.30 bits per heavy atom. The van der Waals surface area contributed by atoms with Gasteiger partial charge < -0.3 is 14.8 Å². The monoisotopic (exact) mass is 369 g/mol. The maximum atomic E-state index is 12.2. The summed E-state index contributed by atoms with van der Waals surface area (Å²) in [4.78, 5) is 24.1. The predicted molar refractivity (Wildman–Crippen MR) is 105 cm³/mol. The maximum absolute atomic E-state index is 12.2. The summed E-state index contributed by atoms with van der Waals surface area (Å²) in [6.45, 7) is 8.20. The number of aryl methyl sites for hydroxylation is 1. The van der Waals surface area contributed by atoms with Crippen LogP contribution in [0.4, 0.5) is 0 Å². The molecule has 1 amide bonds. The van der Waals surface area contributed by atoms with Gasteiger partial charge in [0.1, 0.15) is 18.9 Å². The average molecular weight is 369 g/mol. The van der Waals surface area contributed by atoms with Crippen molar-refractivity contribution in [2.45, 2.75) is 39.7 Å². The molecule has 2 rings (SSSR count). The van der Waals surface area contributed by atoms with Gasteiger partial charge in [-0.3, -0.25) is 9.59 Å². The normalized spacial score (nSPS) is 11.0. The fourth-order valence-electron chi connectivity index (χ4n) is 2.61. The third-order valence-electron chi connectivity index (χ3n) is 4.23. The number of esters is 1. The molecule has 0 fully saturated rings. The van der Waals surface area contributed by atoms with Gasteiger partial charge in [-0.2, -0.15) is 0 Å². The number of hydrogen-bond donors (Lipinski definition) is 1. The minimum atomic E-state index is -0.502. The Morgan fingerprint density at radius 1 is 1.04 bits per heavy atom. The highest BCUT2D eigenvalue weighted by Gasteiger charge is 2.15. The Hall–Kier alpha value is -2.82. The topological polar surface area (TPSA) is 64.6 Å². The third-order valence-corrected chi connectivity index (χ3v) is 4.23. The molecule has 2 aromatic carbocycles. The number of methoxy groups -OCH3 is 1. The van der Waals surface area contributed by atoms with Crippen molar-refractivity contribution in [3.63, 3.8) is 0 Å². The molecule has 27 heavy (non-hydrogen) atoms. The highest BCUT2D eigenvalue weighted by molar-refractivity contribution is 5.95. The molecule has 2 aromatic rings. The molecule has 0 aliphatic rings. The first kappa shape index (κ1) is 20.5. The first-order valence-corrected chi connectivity index (χ1v) is 8.88. The lowest BCUT2D eigenvalue weighted by Crippen LogP contribution is -2.30. The number of benzene rings is 2. The molecule has 0 unspecified atom stereocenters. The van der Waals surface area contributed by atoms with Gasteiger partial charge in [-0.1, -0.05) is 44.5 Å². The van der Waals surface area contributed by atoms with E-state index in [1.54, 1.807) is 19.2 Å². The van der Waals surface area contributed by atoms with Crippen molar-refractivity contribution in [1.82, 2.24) is 5.32 Å². The second kappa shape index (κ2) is 8.71. The van der Waals surface area contributed by atoms with Crippen molar-refractivity contribution in [1.29, 1.82) is 0 Å². The zero-order valence-corrected chi connectivity index (χ0v) is 16.6. The van der Waals surface area contributed by atoms with E-state index in [1.807, 2.05) is 37.3 Å². The van der Waals surface area contributed by atoms with Crippen LogP contribution in [-0.4, -0.2) is 25.5 Å². The summed E-state index contributed by atoms with van der Waals surface area (Å²) >= 11 is 0.